The average molecular weight is 354 g/mol. The molecule has 2 heterocycles. The van der Waals surface area contributed by atoms with Gasteiger partial charge in [-0.25, -0.2) is 0 Å². The van der Waals surface area contributed by atoms with Gasteiger partial charge in [-0.15, -0.1) is 0 Å². The molecule has 1 aromatic rings. The van der Waals surface area contributed by atoms with Crippen LogP contribution in [0.4, 0.5) is 0 Å². The van der Waals surface area contributed by atoms with E-state index in [-0.39, 0.29) is 30.9 Å². The molecule has 1 saturated heterocycles. The molecule has 140 valence electrons. The van der Waals surface area contributed by atoms with Crippen molar-refractivity contribution in [1.82, 2.24) is 20.4 Å². The number of hydrogen-bond donors (Lipinski definition) is 1. The Morgan fingerprint density at radius 1 is 1.44 bits per heavy atom. The number of nitrogens with one attached hydrogen (secondary N) is 1. The summed E-state index contributed by atoms with van der Waals surface area (Å²) >= 11 is 0. The third kappa shape index (κ3) is 5.32. The topological polar surface area (TPSA) is 107 Å². The van der Waals surface area contributed by atoms with Gasteiger partial charge in [0.15, 0.2) is 0 Å². The van der Waals surface area contributed by atoms with E-state index in [9.17, 15) is 9.59 Å². The molecule has 1 atom stereocenters. The highest BCUT2D eigenvalue weighted by Gasteiger charge is 2.36. The van der Waals surface area contributed by atoms with E-state index in [4.69, 9.17) is 14.0 Å². The number of aryl methyl sites for hydroxylation is 1. The number of rotatable bonds is 9. The summed E-state index contributed by atoms with van der Waals surface area (Å²) in [6, 6.07) is -0.529. The highest BCUT2D eigenvalue weighted by Crippen LogP contribution is 2.20. The second-order valence-corrected chi connectivity index (χ2v) is 6.74. The molecular weight excluding hydrogens is 328 g/mol. The summed E-state index contributed by atoms with van der Waals surface area (Å²) in [5.41, 5.74) is -0.391. The maximum atomic E-state index is 12.6. The summed E-state index contributed by atoms with van der Waals surface area (Å²) in [6.45, 7) is 6.77. The van der Waals surface area contributed by atoms with Crippen molar-refractivity contribution in [1.29, 1.82) is 0 Å². The minimum Gasteiger partial charge on any atom is -0.359 e. The van der Waals surface area contributed by atoms with Crippen LogP contribution in [-0.2, 0) is 14.3 Å². The lowest BCUT2D eigenvalue weighted by Gasteiger charge is -2.28. The summed E-state index contributed by atoms with van der Waals surface area (Å²) in [5.74, 6) is -0.0385. The quantitative estimate of drug-likeness (QED) is 0.389. The van der Waals surface area contributed by atoms with Gasteiger partial charge < -0.3 is 24.2 Å². The van der Waals surface area contributed by atoms with Crippen LogP contribution in [0, 0.1) is 6.92 Å². The van der Waals surface area contributed by atoms with Gasteiger partial charge in [0.25, 0.3) is 0 Å². The van der Waals surface area contributed by atoms with Crippen LogP contribution in [0.1, 0.15) is 43.2 Å². The molecule has 1 aromatic heterocycles. The van der Waals surface area contributed by atoms with Crippen LogP contribution in [0.3, 0.4) is 0 Å². The average Bonchev–Trinajstić information content (AvgIpc) is 3.21. The van der Waals surface area contributed by atoms with Gasteiger partial charge in [0.1, 0.15) is 6.79 Å². The molecule has 1 aliphatic heterocycles. The predicted molar refractivity (Wildman–Crippen MR) is 88.0 cm³/mol. The van der Waals surface area contributed by atoms with E-state index < -0.39 is 11.6 Å². The maximum Gasteiger partial charge on any atom is 0.240 e. The second-order valence-electron chi connectivity index (χ2n) is 6.74. The number of nitrogens with zero attached hydrogens (tertiary/aromatic N) is 3. The zero-order valence-corrected chi connectivity index (χ0v) is 15.2. The lowest BCUT2D eigenvalue weighted by atomic mass is 10.1. The first-order valence-electron chi connectivity index (χ1n) is 8.30. The summed E-state index contributed by atoms with van der Waals surface area (Å²) < 4.78 is 15.0. The molecule has 1 unspecified atom stereocenters. The first-order valence-corrected chi connectivity index (χ1v) is 8.30. The van der Waals surface area contributed by atoms with Crippen LogP contribution in [0.2, 0.25) is 0 Å². The molecule has 25 heavy (non-hydrogen) atoms. The summed E-state index contributed by atoms with van der Waals surface area (Å²) in [5, 5.41) is 6.83. The Hall–Kier alpha value is -1.84. The van der Waals surface area contributed by atoms with E-state index >= 15 is 0 Å². The van der Waals surface area contributed by atoms with Crippen molar-refractivity contribution in [2.24, 2.45) is 0 Å². The number of carbonyl (C=O) groups excluding carboxylic acids is 2. The van der Waals surface area contributed by atoms with Crippen molar-refractivity contribution in [3.63, 3.8) is 0 Å². The molecule has 0 aromatic carbocycles. The number of aromatic nitrogens is 2. The van der Waals surface area contributed by atoms with E-state index in [0.717, 1.165) is 6.42 Å². The van der Waals surface area contributed by atoms with E-state index in [1.807, 2.05) is 13.8 Å². The van der Waals surface area contributed by atoms with Gasteiger partial charge in [-0.1, -0.05) is 5.16 Å². The Balaban J connectivity index is 1.90. The number of likely N-dealkylation sites (tertiary alicyclic amines) is 1. The molecule has 2 rings (SSSR count). The largest absolute Gasteiger partial charge is 0.359 e. The second kappa shape index (κ2) is 8.50. The minimum atomic E-state index is -0.529. The number of methoxy groups -OCH3 is 1. The molecule has 1 aliphatic rings. The Morgan fingerprint density at radius 3 is 2.84 bits per heavy atom. The van der Waals surface area contributed by atoms with Crippen LogP contribution >= 0.6 is 0 Å². The van der Waals surface area contributed by atoms with Gasteiger partial charge in [-0.05, 0) is 26.7 Å². The zero-order valence-electron chi connectivity index (χ0n) is 15.2. The third-order valence-corrected chi connectivity index (χ3v) is 4.01. The van der Waals surface area contributed by atoms with Gasteiger partial charge in [0, 0.05) is 26.1 Å². The van der Waals surface area contributed by atoms with Gasteiger partial charge in [0.05, 0.1) is 19.2 Å². The molecule has 0 radical (unpaired) electrons. The number of carbonyl (C=O) groups is 2. The van der Waals surface area contributed by atoms with Crippen molar-refractivity contribution in [3.05, 3.63) is 11.7 Å². The van der Waals surface area contributed by atoms with Gasteiger partial charge in [-0.3, -0.25) is 9.59 Å². The Kier molecular flexibility index (Phi) is 6.63. The van der Waals surface area contributed by atoms with Crippen molar-refractivity contribution in [2.75, 3.05) is 33.6 Å². The molecule has 9 nitrogen and oxygen atoms in total. The van der Waals surface area contributed by atoms with E-state index in [0.29, 0.717) is 25.5 Å². The Labute approximate surface area is 147 Å². The fraction of sp³-hybridized carbons (Fsp3) is 0.750. The number of ether oxygens (including phenoxy) is 2. The standard InChI is InChI=1S/C16H26N4O5/c1-11-18-15(19-25-11)14(22)12-6-5-7-20(12)13(21)8-17-16(2,3)9-24-10-23-4/h12,17H,5-10H2,1-4H3. The predicted octanol–water partition coefficient (Wildman–Crippen LogP) is 0.540. The Bertz CT molecular complexity index is 601. The van der Waals surface area contributed by atoms with Crippen molar-refractivity contribution in [3.8, 4) is 0 Å². The van der Waals surface area contributed by atoms with Gasteiger partial charge >= 0.3 is 0 Å². The van der Waals surface area contributed by atoms with Crippen molar-refractivity contribution < 1.29 is 23.6 Å². The van der Waals surface area contributed by atoms with Gasteiger partial charge in [0.2, 0.25) is 23.4 Å². The van der Waals surface area contributed by atoms with Crippen LogP contribution in [0.5, 0.6) is 0 Å². The third-order valence-electron chi connectivity index (χ3n) is 4.01. The monoisotopic (exact) mass is 354 g/mol. The highest BCUT2D eigenvalue weighted by molar-refractivity contribution is 5.99. The maximum absolute atomic E-state index is 12.6. The lowest BCUT2D eigenvalue weighted by molar-refractivity contribution is -0.131. The molecule has 0 aliphatic carbocycles. The molecule has 1 amide bonds. The number of amides is 1. The lowest BCUT2D eigenvalue weighted by Crippen LogP contribution is -2.51. The first-order chi connectivity index (χ1) is 11.8. The number of hydrogen-bond acceptors (Lipinski definition) is 8. The minimum absolute atomic E-state index is 0.0310. The smallest absolute Gasteiger partial charge is 0.240 e. The summed E-state index contributed by atoms with van der Waals surface area (Å²) in [4.78, 5) is 30.6. The van der Waals surface area contributed by atoms with E-state index in [1.54, 1.807) is 18.9 Å². The molecule has 9 heteroatoms. The summed E-state index contributed by atoms with van der Waals surface area (Å²) in [6.07, 6.45) is 1.39. The fourth-order valence-electron chi connectivity index (χ4n) is 2.73. The molecule has 1 fully saturated rings. The van der Waals surface area contributed by atoms with Gasteiger partial charge in [-0.2, -0.15) is 4.98 Å². The van der Waals surface area contributed by atoms with Crippen molar-refractivity contribution in [2.45, 2.75) is 45.2 Å². The van der Waals surface area contributed by atoms with Crippen LogP contribution in [0.15, 0.2) is 4.52 Å². The first kappa shape index (κ1) is 19.5. The van der Waals surface area contributed by atoms with Crippen LogP contribution < -0.4 is 5.32 Å². The molecule has 0 spiro atoms. The Morgan fingerprint density at radius 2 is 2.20 bits per heavy atom. The SMILES string of the molecule is COCOCC(C)(C)NCC(=O)N1CCCC1C(=O)c1noc(C)n1. The molecule has 1 N–H and O–H groups in total. The zero-order chi connectivity index (χ0) is 18.4. The number of ketones is 1. The number of Topliss-reactive ketones (excluding diaryl/α,β-unsaturated/α-hetero) is 1. The molecular formula is C16H26N4O5. The van der Waals surface area contributed by atoms with Crippen molar-refractivity contribution >= 4 is 11.7 Å². The molecule has 0 bridgehead atoms. The van der Waals surface area contributed by atoms with E-state index in [2.05, 4.69) is 15.5 Å². The molecule has 0 saturated carbocycles. The fourth-order valence-corrected chi connectivity index (χ4v) is 2.73. The van der Waals surface area contributed by atoms with E-state index in [1.165, 1.54) is 0 Å². The van der Waals surface area contributed by atoms with Crippen LogP contribution in [0.25, 0.3) is 0 Å². The highest BCUT2D eigenvalue weighted by atomic mass is 16.7. The summed E-state index contributed by atoms with van der Waals surface area (Å²) in [7, 11) is 1.56. The van der Waals surface area contributed by atoms with Crippen LogP contribution in [-0.4, -0.2) is 71.9 Å². The normalized spacial score (nSPS) is 17.9.